The van der Waals surface area contributed by atoms with E-state index in [1.807, 2.05) is 5.38 Å². The third-order valence-corrected chi connectivity index (χ3v) is 4.55. The molecule has 1 aliphatic heterocycles. The van der Waals surface area contributed by atoms with Crippen LogP contribution in [0.5, 0.6) is 0 Å². The Bertz CT molecular complexity index is 703. The van der Waals surface area contributed by atoms with Crippen LogP contribution in [0.15, 0.2) is 23.2 Å². The van der Waals surface area contributed by atoms with Gasteiger partial charge < -0.3 is 10.0 Å². The second-order valence-electron chi connectivity index (χ2n) is 5.09. The van der Waals surface area contributed by atoms with E-state index in [0.717, 1.165) is 35.9 Å². The monoisotopic (exact) mass is 304 g/mol. The zero-order valence-electron chi connectivity index (χ0n) is 11.9. The molecule has 110 valence electrons. The molecule has 0 atom stereocenters. The number of hydrogen-bond acceptors (Lipinski definition) is 5. The first kappa shape index (κ1) is 13.8. The predicted molar refractivity (Wildman–Crippen MR) is 81.7 cm³/mol. The molecule has 0 fully saturated rings. The van der Waals surface area contributed by atoms with Crippen molar-refractivity contribution in [1.29, 1.82) is 0 Å². The molecule has 7 heteroatoms. The number of nitrogens with zero attached hydrogens (tertiary/aromatic N) is 4. The molecule has 2 aromatic heterocycles. The van der Waals surface area contributed by atoms with E-state index in [1.165, 1.54) is 5.57 Å². The van der Waals surface area contributed by atoms with Crippen LogP contribution in [0.4, 0.5) is 5.13 Å². The van der Waals surface area contributed by atoms with Crippen molar-refractivity contribution in [3.63, 3.8) is 0 Å². The third kappa shape index (κ3) is 2.56. The van der Waals surface area contributed by atoms with Crippen molar-refractivity contribution < 1.29 is 9.90 Å². The van der Waals surface area contributed by atoms with Gasteiger partial charge in [-0.3, -0.25) is 4.68 Å². The van der Waals surface area contributed by atoms with E-state index in [-0.39, 0.29) is 5.69 Å². The SMILES string of the molecule is CC1=C(c2cc(C(=O)O)nn2C)CN(c2nccs2)CC1. The van der Waals surface area contributed by atoms with Gasteiger partial charge in [0.15, 0.2) is 10.8 Å². The van der Waals surface area contributed by atoms with Gasteiger partial charge in [-0.1, -0.05) is 5.57 Å². The van der Waals surface area contributed by atoms with Crippen molar-refractivity contribution in [3.05, 3.63) is 34.6 Å². The highest BCUT2D eigenvalue weighted by Crippen LogP contribution is 2.30. The number of aromatic carboxylic acids is 1. The van der Waals surface area contributed by atoms with Gasteiger partial charge >= 0.3 is 5.97 Å². The van der Waals surface area contributed by atoms with Gasteiger partial charge in [-0.2, -0.15) is 5.10 Å². The lowest BCUT2D eigenvalue weighted by Crippen LogP contribution is -2.31. The molecule has 0 spiro atoms. The van der Waals surface area contributed by atoms with E-state index in [9.17, 15) is 4.79 Å². The fraction of sp³-hybridized carbons (Fsp3) is 0.357. The molecule has 1 aliphatic rings. The molecular weight excluding hydrogens is 288 g/mol. The molecule has 2 aromatic rings. The molecule has 6 nitrogen and oxygen atoms in total. The Kier molecular flexibility index (Phi) is 3.50. The summed E-state index contributed by atoms with van der Waals surface area (Å²) in [5.74, 6) is -0.998. The molecule has 3 heterocycles. The van der Waals surface area contributed by atoms with Crippen LogP contribution in [0.1, 0.15) is 29.5 Å². The molecule has 0 radical (unpaired) electrons. The van der Waals surface area contributed by atoms with Gasteiger partial charge in [0, 0.05) is 31.7 Å². The first-order valence-electron chi connectivity index (χ1n) is 6.67. The maximum Gasteiger partial charge on any atom is 0.356 e. The van der Waals surface area contributed by atoms with E-state index < -0.39 is 5.97 Å². The first-order chi connectivity index (χ1) is 10.1. The van der Waals surface area contributed by atoms with Crippen molar-refractivity contribution >= 4 is 28.0 Å². The van der Waals surface area contributed by atoms with E-state index >= 15 is 0 Å². The standard InChI is InChI=1S/C14H16N4O2S/c1-9-3-5-18(14-15-4-6-21-14)8-10(9)12-7-11(13(19)20)16-17(12)2/h4,6-7H,3,5,8H2,1-2H3,(H,19,20). The van der Waals surface area contributed by atoms with Crippen LogP contribution >= 0.6 is 11.3 Å². The zero-order chi connectivity index (χ0) is 15.0. The molecule has 0 bridgehead atoms. The van der Waals surface area contributed by atoms with Gasteiger partial charge in [-0.25, -0.2) is 9.78 Å². The van der Waals surface area contributed by atoms with Crippen LogP contribution in [0.25, 0.3) is 5.57 Å². The maximum absolute atomic E-state index is 11.1. The number of rotatable bonds is 3. The summed E-state index contributed by atoms with van der Waals surface area (Å²) < 4.78 is 1.65. The lowest BCUT2D eigenvalue weighted by molar-refractivity contribution is 0.0689. The van der Waals surface area contributed by atoms with Gasteiger partial charge in [-0.05, 0) is 25.0 Å². The quantitative estimate of drug-likeness (QED) is 0.941. The second-order valence-corrected chi connectivity index (χ2v) is 5.96. The van der Waals surface area contributed by atoms with Gasteiger partial charge in [-0.15, -0.1) is 11.3 Å². The second kappa shape index (κ2) is 5.33. The smallest absolute Gasteiger partial charge is 0.356 e. The van der Waals surface area contributed by atoms with Crippen LogP contribution < -0.4 is 4.90 Å². The summed E-state index contributed by atoms with van der Waals surface area (Å²) in [5.41, 5.74) is 3.37. The van der Waals surface area contributed by atoms with E-state index in [2.05, 4.69) is 21.9 Å². The van der Waals surface area contributed by atoms with E-state index in [0.29, 0.717) is 0 Å². The number of carbonyl (C=O) groups is 1. The van der Waals surface area contributed by atoms with Crippen LogP contribution in [-0.2, 0) is 7.05 Å². The number of carboxylic acid groups (broad SMARTS) is 1. The lowest BCUT2D eigenvalue weighted by atomic mass is 9.99. The Labute approximate surface area is 126 Å². The molecule has 0 saturated heterocycles. The summed E-state index contributed by atoms with van der Waals surface area (Å²) in [5, 5.41) is 16.1. The van der Waals surface area contributed by atoms with Crippen LogP contribution in [0, 0.1) is 0 Å². The van der Waals surface area contributed by atoms with Crippen molar-refractivity contribution in [2.45, 2.75) is 13.3 Å². The third-order valence-electron chi connectivity index (χ3n) is 3.72. The summed E-state index contributed by atoms with van der Waals surface area (Å²) in [7, 11) is 1.78. The Morgan fingerprint density at radius 2 is 2.29 bits per heavy atom. The molecule has 0 aromatic carbocycles. The maximum atomic E-state index is 11.1. The molecule has 0 saturated carbocycles. The number of aryl methyl sites for hydroxylation is 1. The van der Waals surface area contributed by atoms with Gasteiger partial charge in [0.1, 0.15) is 0 Å². The van der Waals surface area contributed by atoms with Crippen molar-refractivity contribution in [3.8, 4) is 0 Å². The van der Waals surface area contributed by atoms with Crippen molar-refractivity contribution in [1.82, 2.24) is 14.8 Å². The fourth-order valence-electron chi connectivity index (χ4n) is 2.55. The summed E-state index contributed by atoms with van der Waals surface area (Å²) in [6.07, 6.45) is 2.75. The minimum atomic E-state index is -0.998. The minimum Gasteiger partial charge on any atom is -0.476 e. The number of aromatic nitrogens is 3. The largest absolute Gasteiger partial charge is 0.476 e. The zero-order valence-corrected chi connectivity index (χ0v) is 12.7. The normalized spacial score (nSPS) is 15.6. The highest BCUT2D eigenvalue weighted by Gasteiger charge is 2.23. The summed E-state index contributed by atoms with van der Waals surface area (Å²) in [6.45, 7) is 3.77. The molecular formula is C14H16N4O2S. The topological polar surface area (TPSA) is 71.2 Å². The lowest BCUT2D eigenvalue weighted by Gasteiger charge is -2.29. The predicted octanol–water partition coefficient (Wildman–Crippen LogP) is 2.26. The molecule has 0 aliphatic carbocycles. The van der Waals surface area contributed by atoms with Crippen molar-refractivity contribution in [2.75, 3.05) is 18.0 Å². The van der Waals surface area contributed by atoms with Crippen LogP contribution in [0.2, 0.25) is 0 Å². The Hall–Kier alpha value is -2.15. The average molecular weight is 304 g/mol. The first-order valence-corrected chi connectivity index (χ1v) is 7.55. The number of thiazole rings is 1. The number of hydrogen-bond donors (Lipinski definition) is 1. The highest BCUT2D eigenvalue weighted by atomic mass is 32.1. The molecule has 3 rings (SSSR count). The average Bonchev–Trinajstić information content (AvgIpc) is 3.09. The van der Waals surface area contributed by atoms with Crippen molar-refractivity contribution in [2.24, 2.45) is 7.05 Å². The van der Waals surface area contributed by atoms with Gasteiger partial charge in [0.05, 0.1) is 5.69 Å². The summed E-state index contributed by atoms with van der Waals surface area (Å²) >= 11 is 1.62. The molecule has 0 unspecified atom stereocenters. The van der Waals surface area contributed by atoms with Gasteiger partial charge in [0.25, 0.3) is 0 Å². The van der Waals surface area contributed by atoms with Crippen LogP contribution in [0.3, 0.4) is 0 Å². The van der Waals surface area contributed by atoms with E-state index in [1.54, 1.807) is 35.3 Å². The molecule has 0 amide bonds. The molecule has 21 heavy (non-hydrogen) atoms. The van der Waals surface area contributed by atoms with Gasteiger partial charge in [0.2, 0.25) is 0 Å². The Morgan fingerprint density at radius 3 is 2.90 bits per heavy atom. The summed E-state index contributed by atoms with van der Waals surface area (Å²) in [6, 6.07) is 1.65. The summed E-state index contributed by atoms with van der Waals surface area (Å²) in [4.78, 5) is 17.6. The molecule has 1 N–H and O–H groups in total. The minimum absolute atomic E-state index is 0.0826. The fourth-order valence-corrected chi connectivity index (χ4v) is 3.22. The number of carboxylic acids is 1. The highest BCUT2D eigenvalue weighted by molar-refractivity contribution is 7.13. The van der Waals surface area contributed by atoms with Crippen LogP contribution in [-0.4, -0.2) is 38.9 Å². The van der Waals surface area contributed by atoms with E-state index in [4.69, 9.17) is 5.11 Å². The number of anilines is 1. The Balaban J connectivity index is 1.94. The Morgan fingerprint density at radius 1 is 1.48 bits per heavy atom.